The Morgan fingerprint density at radius 3 is 2.85 bits per heavy atom. The van der Waals surface area contributed by atoms with Crippen molar-refractivity contribution in [3.05, 3.63) is 0 Å². The summed E-state index contributed by atoms with van der Waals surface area (Å²) in [6.45, 7) is 1.99. The number of hydrogen-bond acceptors (Lipinski definition) is 3. The second-order valence-corrected chi connectivity index (χ2v) is 3.57. The van der Waals surface area contributed by atoms with Crippen LogP contribution in [-0.4, -0.2) is 18.9 Å². The van der Waals surface area contributed by atoms with Crippen molar-refractivity contribution in [3.63, 3.8) is 0 Å². The van der Waals surface area contributed by atoms with Gasteiger partial charge in [0.2, 0.25) is 0 Å². The summed E-state index contributed by atoms with van der Waals surface area (Å²) in [5.74, 6) is 0.180. The first-order valence-corrected chi connectivity index (χ1v) is 4.79. The fourth-order valence-corrected chi connectivity index (χ4v) is 1.89. The average Bonchev–Trinajstić information content (AvgIpc) is 2.17. The Bertz CT molecular complexity index is 210. The predicted molar refractivity (Wildman–Crippen MR) is 48.1 cm³/mol. The summed E-state index contributed by atoms with van der Waals surface area (Å²) in [6, 6.07) is 0. The van der Waals surface area contributed by atoms with E-state index in [1.807, 2.05) is 6.92 Å². The zero-order valence-electron chi connectivity index (χ0n) is 8.21. The van der Waals surface area contributed by atoms with Crippen molar-refractivity contribution < 1.29 is 14.3 Å². The number of carbonyl (C=O) groups excluding carboxylic acids is 2. The van der Waals surface area contributed by atoms with Gasteiger partial charge in [-0.3, -0.25) is 9.59 Å². The molecule has 0 aliphatic heterocycles. The zero-order chi connectivity index (χ0) is 9.84. The van der Waals surface area contributed by atoms with Gasteiger partial charge in [-0.15, -0.1) is 0 Å². The van der Waals surface area contributed by atoms with Crippen LogP contribution in [0.2, 0.25) is 0 Å². The molecule has 1 rings (SSSR count). The quantitative estimate of drug-likeness (QED) is 0.611. The van der Waals surface area contributed by atoms with Gasteiger partial charge >= 0.3 is 5.97 Å². The van der Waals surface area contributed by atoms with Crippen molar-refractivity contribution in [1.82, 2.24) is 0 Å². The number of Topliss-reactive ketones (excluding diaryl/α,β-unsaturated/α-hetero) is 1. The molecular formula is C10H16O3. The van der Waals surface area contributed by atoms with E-state index in [1.165, 1.54) is 7.11 Å². The second-order valence-electron chi connectivity index (χ2n) is 3.57. The number of hydrogen-bond donors (Lipinski definition) is 0. The molecule has 0 aromatic heterocycles. The van der Waals surface area contributed by atoms with Crippen molar-refractivity contribution >= 4 is 11.8 Å². The lowest BCUT2D eigenvalue weighted by Crippen LogP contribution is -2.29. The van der Waals surface area contributed by atoms with Crippen LogP contribution in [0.4, 0.5) is 0 Å². The van der Waals surface area contributed by atoms with Crippen LogP contribution in [0.1, 0.15) is 32.6 Å². The molecule has 0 amide bonds. The average molecular weight is 184 g/mol. The molecule has 0 bridgehead atoms. The standard InChI is InChI=1S/C10H16O3/c1-3-7-6-8(10(12)13-2)4-5-9(7)11/h7-8H,3-6H2,1-2H3/t7-,8-/m1/s1. The minimum atomic E-state index is -0.161. The first kappa shape index (κ1) is 10.2. The molecule has 74 valence electrons. The van der Waals surface area contributed by atoms with Crippen molar-refractivity contribution in [2.24, 2.45) is 11.8 Å². The van der Waals surface area contributed by atoms with Crippen LogP contribution in [-0.2, 0) is 14.3 Å². The van der Waals surface area contributed by atoms with Crippen LogP contribution in [0.3, 0.4) is 0 Å². The molecule has 3 nitrogen and oxygen atoms in total. The number of ether oxygens (including phenoxy) is 1. The zero-order valence-corrected chi connectivity index (χ0v) is 8.21. The minimum absolute atomic E-state index is 0.0485. The molecule has 13 heavy (non-hydrogen) atoms. The molecule has 2 atom stereocenters. The molecule has 1 fully saturated rings. The maximum absolute atomic E-state index is 11.3. The topological polar surface area (TPSA) is 43.4 Å². The number of ketones is 1. The van der Waals surface area contributed by atoms with Crippen molar-refractivity contribution in [2.75, 3.05) is 7.11 Å². The van der Waals surface area contributed by atoms with Gasteiger partial charge < -0.3 is 4.74 Å². The van der Waals surface area contributed by atoms with Crippen LogP contribution in [0.25, 0.3) is 0 Å². The Hall–Kier alpha value is -0.860. The highest BCUT2D eigenvalue weighted by atomic mass is 16.5. The first-order valence-electron chi connectivity index (χ1n) is 4.79. The van der Waals surface area contributed by atoms with Gasteiger partial charge in [-0.1, -0.05) is 6.92 Å². The van der Waals surface area contributed by atoms with Gasteiger partial charge in [0.25, 0.3) is 0 Å². The molecule has 0 saturated heterocycles. The van der Waals surface area contributed by atoms with Gasteiger partial charge in [-0.25, -0.2) is 0 Å². The first-order chi connectivity index (χ1) is 6.19. The van der Waals surface area contributed by atoms with Crippen LogP contribution in [0, 0.1) is 11.8 Å². The third-order valence-corrected chi connectivity index (χ3v) is 2.79. The maximum atomic E-state index is 11.3. The molecule has 0 N–H and O–H groups in total. The summed E-state index contributed by atoms with van der Waals surface area (Å²) in [7, 11) is 1.40. The molecule has 0 aromatic carbocycles. The fourth-order valence-electron chi connectivity index (χ4n) is 1.89. The Morgan fingerprint density at radius 1 is 1.62 bits per heavy atom. The summed E-state index contributed by atoms with van der Waals surface area (Å²) in [5.41, 5.74) is 0. The Kier molecular flexibility index (Phi) is 3.46. The third-order valence-electron chi connectivity index (χ3n) is 2.79. The van der Waals surface area contributed by atoms with E-state index in [0.29, 0.717) is 25.0 Å². The second kappa shape index (κ2) is 4.40. The highest BCUT2D eigenvalue weighted by Crippen LogP contribution is 2.29. The maximum Gasteiger partial charge on any atom is 0.308 e. The molecule has 0 aromatic rings. The van der Waals surface area contributed by atoms with E-state index in [9.17, 15) is 9.59 Å². The number of carbonyl (C=O) groups is 2. The monoisotopic (exact) mass is 184 g/mol. The van der Waals surface area contributed by atoms with E-state index in [4.69, 9.17) is 0 Å². The molecule has 1 saturated carbocycles. The van der Waals surface area contributed by atoms with Crippen LogP contribution < -0.4 is 0 Å². The molecule has 0 radical (unpaired) electrons. The molecule has 0 spiro atoms. The largest absolute Gasteiger partial charge is 0.469 e. The molecule has 0 heterocycles. The molecule has 1 aliphatic rings. The van der Waals surface area contributed by atoms with Crippen LogP contribution in [0.15, 0.2) is 0 Å². The van der Waals surface area contributed by atoms with Crippen molar-refractivity contribution in [1.29, 1.82) is 0 Å². The number of esters is 1. The van der Waals surface area contributed by atoms with E-state index in [0.717, 1.165) is 6.42 Å². The van der Waals surface area contributed by atoms with Gasteiger partial charge in [0.15, 0.2) is 0 Å². The van der Waals surface area contributed by atoms with E-state index in [2.05, 4.69) is 4.74 Å². The SMILES string of the molecule is CC[C@@H]1C[C@H](C(=O)OC)CCC1=O. The lowest BCUT2D eigenvalue weighted by molar-refractivity contribution is -0.148. The van der Waals surface area contributed by atoms with Gasteiger partial charge in [0.1, 0.15) is 5.78 Å². The van der Waals surface area contributed by atoms with E-state index in [-0.39, 0.29) is 17.8 Å². The molecule has 1 aliphatic carbocycles. The number of rotatable bonds is 2. The summed E-state index contributed by atoms with van der Waals surface area (Å²) in [5, 5.41) is 0. The number of methoxy groups -OCH3 is 1. The Labute approximate surface area is 78.5 Å². The van der Waals surface area contributed by atoms with Gasteiger partial charge in [0, 0.05) is 12.3 Å². The summed E-state index contributed by atoms with van der Waals surface area (Å²) in [4.78, 5) is 22.5. The van der Waals surface area contributed by atoms with Gasteiger partial charge in [-0.2, -0.15) is 0 Å². The molecule has 3 heteroatoms. The Morgan fingerprint density at radius 2 is 2.31 bits per heavy atom. The summed E-state index contributed by atoms with van der Waals surface area (Å²) >= 11 is 0. The van der Waals surface area contributed by atoms with E-state index in [1.54, 1.807) is 0 Å². The lowest BCUT2D eigenvalue weighted by Gasteiger charge is -2.25. The smallest absolute Gasteiger partial charge is 0.308 e. The van der Waals surface area contributed by atoms with Gasteiger partial charge in [-0.05, 0) is 19.3 Å². The van der Waals surface area contributed by atoms with Crippen molar-refractivity contribution in [2.45, 2.75) is 32.6 Å². The summed E-state index contributed by atoms with van der Waals surface area (Å²) in [6.07, 6.45) is 2.73. The van der Waals surface area contributed by atoms with Gasteiger partial charge in [0.05, 0.1) is 13.0 Å². The third kappa shape index (κ3) is 2.29. The molecular weight excluding hydrogens is 168 g/mol. The fraction of sp³-hybridized carbons (Fsp3) is 0.800. The van der Waals surface area contributed by atoms with E-state index < -0.39 is 0 Å². The minimum Gasteiger partial charge on any atom is -0.469 e. The Balaban J connectivity index is 2.54. The van der Waals surface area contributed by atoms with Crippen LogP contribution >= 0.6 is 0 Å². The predicted octanol–water partition coefficient (Wildman–Crippen LogP) is 1.55. The normalized spacial score (nSPS) is 28.6. The highest BCUT2D eigenvalue weighted by molar-refractivity contribution is 5.84. The lowest BCUT2D eigenvalue weighted by atomic mass is 9.79. The van der Waals surface area contributed by atoms with Crippen molar-refractivity contribution in [3.8, 4) is 0 Å². The van der Waals surface area contributed by atoms with E-state index >= 15 is 0 Å². The summed E-state index contributed by atoms with van der Waals surface area (Å²) < 4.78 is 4.67. The molecule has 0 unspecified atom stereocenters. The highest BCUT2D eigenvalue weighted by Gasteiger charge is 2.31. The van der Waals surface area contributed by atoms with Crippen LogP contribution in [0.5, 0.6) is 0 Å².